The molecule has 5 heteroatoms. The van der Waals surface area contributed by atoms with E-state index in [0.717, 1.165) is 50.8 Å². The molecule has 0 saturated heterocycles. The fourth-order valence-electron chi connectivity index (χ4n) is 15.7. The van der Waals surface area contributed by atoms with Crippen LogP contribution in [0.5, 0.6) is 0 Å². The molecule has 4 nitrogen and oxygen atoms in total. The van der Waals surface area contributed by atoms with Crippen LogP contribution in [-0.2, 0) is 32.5 Å². The Morgan fingerprint density at radius 2 is 0.579 bits per heavy atom. The second-order valence-corrected chi connectivity index (χ2v) is 34.0. The van der Waals surface area contributed by atoms with E-state index in [1.54, 1.807) is 0 Å². The lowest BCUT2D eigenvalue weighted by Crippen LogP contribution is -2.61. The Hall–Kier alpha value is -9.32. The van der Waals surface area contributed by atoms with Crippen molar-refractivity contribution in [1.82, 2.24) is 9.97 Å². The average Bonchev–Trinajstić information content (AvgIpc) is 0.676. The molecule has 0 saturated carbocycles. The van der Waals surface area contributed by atoms with Crippen molar-refractivity contribution in [3.05, 3.63) is 234 Å². The van der Waals surface area contributed by atoms with Crippen molar-refractivity contribution in [2.45, 2.75) is 157 Å². The molecule has 3 heterocycles. The van der Waals surface area contributed by atoms with Gasteiger partial charge in [0.25, 0.3) is 6.71 Å². The van der Waals surface area contributed by atoms with E-state index in [1.807, 2.05) is 0 Å². The van der Waals surface area contributed by atoms with Crippen LogP contribution >= 0.6 is 0 Å². The van der Waals surface area contributed by atoms with Crippen molar-refractivity contribution < 1.29 is 0 Å². The summed E-state index contributed by atoms with van der Waals surface area (Å²) in [5, 5.41) is 15.4. The molecule has 0 radical (unpaired) electrons. The van der Waals surface area contributed by atoms with Crippen LogP contribution in [-0.4, -0.2) is 16.7 Å². The summed E-state index contributed by atoms with van der Waals surface area (Å²) in [6.45, 7) is 41.6. The van der Waals surface area contributed by atoms with Gasteiger partial charge in [0.15, 0.2) is 5.82 Å². The van der Waals surface area contributed by atoms with Gasteiger partial charge in [0.2, 0.25) is 0 Å². The molecule has 2 aliphatic heterocycles. The molecule has 14 aromatic rings. The lowest BCUT2D eigenvalue weighted by molar-refractivity contribution is 0.568. The van der Waals surface area contributed by atoms with E-state index in [1.165, 1.54) is 126 Å². The highest BCUT2D eigenvalue weighted by Crippen LogP contribution is 2.52. The summed E-state index contributed by atoms with van der Waals surface area (Å²) in [4.78, 5) is 17.0. The Bertz CT molecular complexity index is 5040. The van der Waals surface area contributed by atoms with Gasteiger partial charge in [-0.05, 0) is 226 Å². The van der Waals surface area contributed by atoms with Crippen LogP contribution in [0.4, 0.5) is 34.1 Å². The molecule has 1 aromatic heterocycles. The van der Waals surface area contributed by atoms with Crippen LogP contribution in [0.25, 0.3) is 98.5 Å². The van der Waals surface area contributed by atoms with E-state index in [0.29, 0.717) is 5.82 Å². The Labute approximate surface area is 562 Å². The number of hydrogen-bond donors (Lipinski definition) is 0. The fourth-order valence-corrected chi connectivity index (χ4v) is 15.7. The van der Waals surface area contributed by atoms with Gasteiger partial charge in [-0.15, -0.1) is 0 Å². The second-order valence-electron chi connectivity index (χ2n) is 34.0. The number of fused-ring (bicyclic) bond motifs is 6. The summed E-state index contributed by atoms with van der Waals surface area (Å²) in [5.74, 6) is 0.713. The van der Waals surface area contributed by atoms with Crippen LogP contribution in [0, 0.1) is 0 Å². The molecular weight excluding hydrogens is 1150 g/mol. The van der Waals surface area contributed by atoms with Crippen molar-refractivity contribution in [1.29, 1.82) is 0 Å². The van der Waals surface area contributed by atoms with Crippen molar-refractivity contribution in [3.63, 3.8) is 0 Å². The highest BCUT2D eigenvalue weighted by molar-refractivity contribution is 7.03. The van der Waals surface area contributed by atoms with Gasteiger partial charge in [-0.1, -0.05) is 246 Å². The Kier molecular flexibility index (Phi) is 13.1. The van der Waals surface area contributed by atoms with Crippen LogP contribution < -0.4 is 26.2 Å². The van der Waals surface area contributed by atoms with Crippen molar-refractivity contribution in [2.24, 2.45) is 0 Å². The van der Waals surface area contributed by atoms with E-state index in [2.05, 4.69) is 335 Å². The Morgan fingerprint density at radius 3 is 0.937 bits per heavy atom. The number of nitrogens with zero attached hydrogens (tertiary/aromatic N) is 4. The SMILES string of the molecule is CC(C)(C)c1ccc(N2c3cc(-c4cc(-c5cc(C(C)(C)C)cc(C(C)(C)C)c5)nc(-c5cc(C(C)(C)C)cc(C(C)(C)C)c5)n4)cc4c3B(c3c2cc2ccc5cccc6ccc3c2c56)c2c(cc3ccc5cccc6ccc2c3c56)N4c2ccc(C(C)(C)C)cc2)cc1. The minimum atomic E-state index is -0.202. The van der Waals surface area contributed by atoms with Crippen molar-refractivity contribution in [2.75, 3.05) is 9.80 Å². The topological polar surface area (TPSA) is 32.3 Å². The maximum atomic E-state index is 5.95. The molecule has 0 fully saturated rings. The minimum Gasteiger partial charge on any atom is -0.311 e. The molecule has 0 unspecified atom stereocenters. The number of anilines is 6. The third kappa shape index (κ3) is 9.83. The number of benzene rings is 13. The molecule has 470 valence electrons. The maximum absolute atomic E-state index is 5.95. The number of aromatic nitrogens is 2. The van der Waals surface area contributed by atoms with Gasteiger partial charge in [-0.3, -0.25) is 0 Å². The van der Waals surface area contributed by atoms with E-state index in [4.69, 9.17) is 9.97 Å². The van der Waals surface area contributed by atoms with Gasteiger partial charge in [0, 0.05) is 50.8 Å². The molecule has 13 aromatic carbocycles. The van der Waals surface area contributed by atoms with E-state index in [9.17, 15) is 0 Å². The van der Waals surface area contributed by atoms with E-state index in [-0.39, 0.29) is 39.2 Å². The summed E-state index contributed by atoms with van der Waals surface area (Å²) in [5.41, 5.74) is 22.8. The maximum Gasteiger partial charge on any atom is 0.253 e. The van der Waals surface area contributed by atoms with Crippen LogP contribution in [0.15, 0.2) is 200 Å². The molecule has 0 bridgehead atoms. The largest absolute Gasteiger partial charge is 0.311 e. The van der Waals surface area contributed by atoms with E-state index >= 15 is 0 Å². The summed E-state index contributed by atoms with van der Waals surface area (Å²) in [6, 6.07) is 78.4. The van der Waals surface area contributed by atoms with Crippen molar-refractivity contribution in [3.8, 4) is 33.9 Å². The highest BCUT2D eigenvalue weighted by Gasteiger charge is 2.46. The summed E-state index contributed by atoms with van der Waals surface area (Å²) in [7, 11) is 0. The van der Waals surface area contributed by atoms with Gasteiger partial charge in [0.1, 0.15) is 0 Å². The Morgan fingerprint density at radius 1 is 0.263 bits per heavy atom. The molecule has 16 rings (SSSR count). The minimum absolute atomic E-state index is 0.0522. The first-order chi connectivity index (χ1) is 44.8. The summed E-state index contributed by atoms with van der Waals surface area (Å²) in [6.07, 6.45) is 0. The van der Waals surface area contributed by atoms with Gasteiger partial charge in [-0.2, -0.15) is 0 Å². The summed E-state index contributed by atoms with van der Waals surface area (Å²) < 4.78 is 0. The molecule has 0 amide bonds. The molecule has 0 spiro atoms. The molecule has 0 aliphatic carbocycles. The molecule has 0 atom stereocenters. The van der Waals surface area contributed by atoms with Crippen molar-refractivity contribution >= 4 is 122 Å². The third-order valence-electron chi connectivity index (χ3n) is 21.2. The van der Waals surface area contributed by atoms with Gasteiger partial charge >= 0.3 is 0 Å². The average molecular weight is 1240 g/mol. The lowest BCUT2D eigenvalue weighted by atomic mass is 9.32. The predicted molar refractivity (Wildman–Crippen MR) is 412 cm³/mol. The smallest absolute Gasteiger partial charge is 0.253 e. The second kappa shape index (κ2) is 20.6. The van der Waals surface area contributed by atoms with Crippen LogP contribution in [0.3, 0.4) is 0 Å². The normalized spacial score (nSPS) is 13.9. The lowest BCUT2D eigenvalue weighted by Gasteiger charge is -2.45. The molecule has 95 heavy (non-hydrogen) atoms. The Balaban J connectivity index is 1.08. The van der Waals surface area contributed by atoms with Gasteiger partial charge in [0.05, 0.1) is 11.4 Å². The summed E-state index contributed by atoms with van der Waals surface area (Å²) >= 11 is 0. The number of rotatable bonds is 5. The van der Waals surface area contributed by atoms with E-state index < -0.39 is 0 Å². The standard InChI is InChI=1S/C90H87BN4/c1-85(2,3)61-31-35-67(36-32-61)94-73-45-56-27-25-52-21-19-23-54-29-39-69(79(56)77(52)54)81(73)91-82-70-40-30-55-24-20-22-53-26-28-57(80(70)78(53)55)46-74(82)95(68-37-33-62(34-38-68)86(4,5)6)76-48-59(47-75(94)83(76)91)72-51-71(58-41-63(87(7,8)9)49-64(42-58)88(10,11)12)92-84(93-72)60-43-65(89(13,14)15)50-66(44-60)90(16,17)18/h19-51H,1-18H3. The zero-order valence-electron chi connectivity index (χ0n) is 58.9. The first-order valence-electron chi connectivity index (χ1n) is 34.5. The fraction of sp³-hybridized carbons (Fsp3) is 0.267. The molecule has 2 aliphatic rings. The highest BCUT2D eigenvalue weighted by atomic mass is 15.2. The zero-order valence-corrected chi connectivity index (χ0v) is 58.9. The van der Waals surface area contributed by atoms with Crippen LogP contribution in [0.1, 0.15) is 158 Å². The molecular formula is C90H87BN4. The first-order valence-corrected chi connectivity index (χ1v) is 34.5. The van der Waals surface area contributed by atoms with Gasteiger partial charge < -0.3 is 9.80 Å². The monoisotopic (exact) mass is 1230 g/mol. The van der Waals surface area contributed by atoms with Gasteiger partial charge in [-0.25, -0.2) is 9.97 Å². The first kappa shape index (κ1) is 60.6. The predicted octanol–water partition coefficient (Wildman–Crippen LogP) is 23.1. The number of hydrogen-bond acceptors (Lipinski definition) is 4. The zero-order chi connectivity index (χ0) is 66.5. The third-order valence-corrected chi connectivity index (χ3v) is 21.2. The van der Waals surface area contributed by atoms with Crippen LogP contribution in [0.2, 0.25) is 0 Å². The molecule has 0 N–H and O–H groups in total. The quantitative estimate of drug-likeness (QED) is 0.127.